The summed E-state index contributed by atoms with van der Waals surface area (Å²) >= 11 is 5.83. The fourth-order valence-electron chi connectivity index (χ4n) is 2.19. The molecular formula is C17H12ClNO5. The van der Waals surface area contributed by atoms with Crippen molar-refractivity contribution in [3.63, 3.8) is 0 Å². The van der Waals surface area contributed by atoms with E-state index in [1.54, 1.807) is 30.3 Å². The second-order valence-electron chi connectivity index (χ2n) is 4.87. The molecule has 1 aromatic carbocycles. The van der Waals surface area contributed by atoms with Gasteiger partial charge in [0.05, 0.1) is 24.5 Å². The Morgan fingerprint density at radius 1 is 1.17 bits per heavy atom. The lowest BCUT2D eigenvalue weighted by Crippen LogP contribution is -2.08. The van der Waals surface area contributed by atoms with Gasteiger partial charge in [-0.05, 0) is 36.4 Å². The van der Waals surface area contributed by atoms with Crippen LogP contribution in [-0.2, 0) is 16.1 Å². The Balaban J connectivity index is 1.75. The summed E-state index contributed by atoms with van der Waals surface area (Å²) in [6, 6.07) is 9.81. The van der Waals surface area contributed by atoms with E-state index in [1.807, 2.05) is 0 Å². The molecule has 0 N–H and O–H groups in total. The third-order valence-corrected chi connectivity index (χ3v) is 3.59. The maximum atomic E-state index is 12.2. The van der Waals surface area contributed by atoms with Crippen LogP contribution in [0.1, 0.15) is 26.5 Å². The molecule has 24 heavy (non-hydrogen) atoms. The summed E-state index contributed by atoms with van der Waals surface area (Å²) in [5, 5.41) is 1.15. The molecule has 7 heteroatoms. The Morgan fingerprint density at radius 3 is 2.79 bits per heavy atom. The number of nitrogens with zero attached hydrogens (tertiary/aromatic N) is 1. The first-order valence-corrected chi connectivity index (χ1v) is 7.34. The van der Waals surface area contributed by atoms with Gasteiger partial charge in [-0.15, -0.1) is 0 Å². The molecule has 0 aliphatic heterocycles. The molecule has 2 heterocycles. The van der Waals surface area contributed by atoms with Crippen LogP contribution in [0.15, 0.2) is 47.1 Å². The zero-order chi connectivity index (χ0) is 17.1. The van der Waals surface area contributed by atoms with E-state index in [2.05, 4.69) is 9.72 Å². The van der Waals surface area contributed by atoms with Gasteiger partial charge in [-0.25, -0.2) is 14.6 Å². The van der Waals surface area contributed by atoms with E-state index in [1.165, 1.54) is 19.4 Å². The van der Waals surface area contributed by atoms with Crippen LogP contribution in [0.3, 0.4) is 0 Å². The molecular weight excluding hydrogens is 334 g/mol. The van der Waals surface area contributed by atoms with Gasteiger partial charge in [0.15, 0.2) is 12.4 Å². The molecule has 0 atom stereocenters. The normalized spacial score (nSPS) is 10.6. The monoisotopic (exact) mass is 345 g/mol. The highest BCUT2D eigenvalue weighted by molar-refractivity contribution is 6.29. The van der Waals surface area contributed by atoms with E-state index in [0.29, 0.717) is 16.2 Å². The van der Waals surface area contributed by atoms with Gasteiger partial charge in [0.25, 0.3) is 0 Å². The van der Waals surface area contributed by atoms with Gasteiger partial charge >= 0.3 is 11.9 Å². The highest BCUT2D eigenvalue weighted by Crippen LogP contribution is 2.19. The van der Waals surface area contributed by atoms with Gasteiger partial charge in [-0.1, -0.05) is 11.6 Å². The summed E-state index contributed by atoms with van der Waals surface area (Å²) in [6.07, 6.45) is 1.33. The zero-order valence-corrected chi connectivity index (χ0v) is 13.4. The first-order chi connectivity index (χ1) is 11.6. The van der Waals surface area contributed by atoms with Crippen molar-refractivity contribution in [3.8, 4) is 0 Å². The minimum atomic E-state index is -0.552. The van der Waals surface area contributed by atoms with Gasteiger partial charge < -0.3 is 13.9 Å². The predicted octanol–water partition coefficient (Wildman–Crippen LogP) is 3.62. The van der Waals surface area contributed by atoms with E-state index in [0.717, 1.165) is 5.39 Å². The Morgan fingerprint density at radius 2 is 2.00 bits per heavy atom. The molecule has 0 saturated heterocycles. The van der Waals surface area contributed by atoms with Gasteiger partial charge in [0.1, 0.15) is 10.7 Å². The third kappa shape index (κ3) is 3.23. The molecule has 0 spiro atoms. The van der Waals surface area contributed by atoms with Gasteiger partial charge in [0, 0.05) is 5.39 Å². The number of methoxy groups -OCH3 is 1. The first kappa shape index (κ1) is 16.0. The van der Waals surface area contributed by atoms with Crippen molar-refractivity contribution < 1.29 is 23.5 Å². The summed E-state index contributed by atoms with van der Waals surface area (Å²) in [5.74, 6) is -0.869. The van der Waals surface area contributed by atoms with Gasteiger partial charge in [-0.3, -0.25) is 0 Å². The number of furan rings is 1. The molecule has 6 nitrogen and oxygen atoms in total. The maximum absolute atomic E-state index is 12.2. The van der Waals surface area contributed by atoms with Crippen LogP contribution in [0.25, 0.3) is 10.9 Å². The Kier molecular flexibility index (Phi) is 4.48. The van der Waals surface area contributed by atoms with E-state index in [-0.39, 0.29) is 17.9 Å². The van der Waals surface area contributed by atoms with Crippen molar-refractivity contribution in [3.05, 3.63) is 64.7 Å². The summed E-state index contributed by atoms with van der Waals surface area (Å²) < 4.78 is 15.0. The number of pyridine rings is 1. The average Bonchev–Trinajstić information content (AvgIpc) is 3.07. The molecule has 0 fully saturated rings. The molecule has 0 aliphatic carbocycles. The predicted molar refractivity (Wildman–Crippen MR) is 85.9 cm³/mol. The standard InChI is InChI=1S/C17H12ClNO5/c1-22-17(21)12-6-7-23-14(12)9-24-16(20)11-2-4-13-10(8-11)3-5-15(18)19-13/h2-8H,9H2,1H3. The molecule has 0 radical (unpaired) electrons. The number of ether oxygens (including phenoxy) is 2. The maximum Gasteiger partial charge on any atom is 0.341 e. The second-order valence-corrected chi connectivity index (χ2v) is 5.25. The molecule has 2 aromatic heterocycles. The first-order valence-electron chi connectivity index (χ1n) is 6.96. The number of aromatic nitrogens is 1. The minimum absolute atomic E-state index is 0.173. The number of hydrogen-bond acceptors (Lipinski definition) is 6. The highest BCUT2D eigenvalue weighted by atomic mass is 35.5. The summed E-state index contributed by atoms with van der Waals surface area (Å²) in [4.78, 5) is 27.9. The average molecular weight is 346 g/mol. The number of carbonyl (C=O) groups is 2. The molecule has 122 valence electrons. The fraction of sp³-hybridized carbons (Fsp3) is 0.118. The van der Waals surface area contributed by atoms with Crippen molar-refractivity contribution in [2.24, 2.45) is 0 Å². The van der Waals surface area contributed by atoms with E-state index in [9.17, 15) is 9.59 Å². The highest BCUT2D eigenvalue weighted by Gasteiger charge is 2.17. The summed E-state index contributed by atoms with van der Waals surface area (Å²) in [6.45, 7) is -0.173. The van der Waals surface area contributed by atoms with Gasteiger partial charge in [-0.2, -0.15) is 0 Å². The van der Waals surface area contributed by atoms with Crippen molar-refractivity contribution >= 4 is 34.4 Å². The topological polar surface area (TPSA) is 78.6 Å². The smallest absolute Gasteiger partial charge is 0.341 e. The number of carbonyl (C=O) groups excluding carboxylic acids is 2. The van der Waals surface area contributed by atoms with Crippen molar-refractivity contribution in [1.29, 1.82) is 0 Å². The van der Waals surface area contributed by atoms with E-state index < -0.39 is 11.9 Å². The van der Waals surface area contributed by atoms with E-state index in [4.69, 9.17) is 20.8 Å². The van der Waals surface area contributed by atoms with Crippen LogP contribution in [0, 0.1) is 0 Å². The summed E-state index contributed by atoms with van der Waals surface area (Å²) in [7, 11) is 1.26. The van der Waals surface area contributed by atoms with Crippen LogP contribution in [0.5, 0.6) is 0 Å². The third-order valence-electron chi connectivity index (χ3n) is 3.38. The van der Waals surface area contributed by atoms with Crippen LogP contribution in [-0.4, -0.2) is 24.0 Å². The van der Waals surface area contributed by atoms with Crippen molar-refractivity contribution in [1.82, 2.24) is 4.98 Å². The Hall–Kier alpha value is -2.86. The number of halogens is 1. The molecule has 3 aromatic rings. The zero-order valence-electron chi connectivity index (χ0n) is 12.6. The number of esters is 2. The number of hydrogen-bond donors (Lipinski definition) is 0. The number of rotatable bonds is 4. The SMILES string of the molecule is COC(=O)c1ccoc1COC(=O)c1ccc2nc(Cl)ccc2c1. The lowest BCUT2D eigenvalue weighted by Gasteiger charge is -2.06. The molecule has 0 saturated carbocycles. The molecule has 0 aliphatic rings. The van der Waals surface area contributed by atoms with Crippen molar-refractivity contribution in [2.45, 2.75) is 6.61 Å². The van der Waals surface area contributed by atoms with Crippen molar-refractivity contribution in [2.75, 3.05) is 7.11 Å². The minimum Gasteiger partial charge on any atom is -0.465 e. The molecule has 3 rings (SSSR count). The Bertz CT molecular complexity index is 918. The van der Waals surface area contributed by atoms with Gasteiger partial charge in [0.2, 0.25) is 0 Å². The lowest BCUT2D eigenvalue weighted by atomic mass is 10.1. The lowest BCUT2D eigenvalue weighted by molar-refractivity contribution is 0.0432. The largest absolute Gasteiger partial charge is 0.465 e. The molecule has 0 amide bonds. The summed E-state index contributed by atoms with van der Waals surface area (Å²) in [5.41, 5.74) is 1.26. The number of benzene rings is 1. The fourth-order valence-corrected chi connectivity index (χ4v) is 2.34. The Labute approximate surface area is 141 Å². The second kappa shape index (κ2) is 6.72. The molecule has 0 bridgehead atoms. The number of fused-ring (bicyclic) bond motifs is 1. The van der Waals surface area contributed by atoms with Crippen LogP contribution in [0.2, 0.25) is 5.15 Å². The van der Waals surface area contributed by atoms with E-state index >= 15 is 0 Å². The quantitative estimate of drug-likeness (QED) is 0.530. The van der Waals surface area contributed by atoms with Crippen LogP contribution >= 0.6 is 11.6 Å². The van der Waals surface area contributed by atoms with Crippen LogP contribution < -0.4 is 0 Å². The molecule has 0 unspecified atom stereocenters. The van der Waals surface area contributed by atoms with Crippen LogP contribution in [0.4, 0.5) is 0 Å².